The predicted molar refractivity (Wildman–Crippen MR) is 70.9 cm³/mol. The minimum atomic E-state index is -3.36. The summed E-state index contributed by atoms with van der Waals surface area (Å²) < 4.78 is 27.7. The fourth-order valence-electron chi connectivity index (χ4n) is 2.07. The van der Waals surface area contributed by atoms with Crippen molar-refractivity contribution in [3.05, 3.63) is 25.3 Å². The largest absolute Gasteiger partial charge is 0.282 e. The van der Waals surface area contributed by atoms with Crippen molar-refractivity contribution in [3.8, 4) is 0 Å². The zero-order valence-electron chi connectivity index (χ0n) is 10.5. The maximum atomic E-state index is 12.4. The van der Waals surface area contributed by atoms with Crippen molar-refractivity contribution < 1.29 is 8.42 Å². The van der Waals surface area contributed by atoms with Crippen molar-refractivity contribution in [3.63, 3.8) is 0 Å². The number of nitrogens with zero attached hydrogens (tertiary/aromatic N) is 2. The summed E-state index contributed by atoms with van der Waals surface area (Å²) in [7, 11) is -3.36. The van der Waals surface area contributed by atoms with Crippen LogP contribution in [0.3, 0.4) is 0 Å². The Kier molecular flexibility index (Phi) is 5.36. The average molecular weight is 258 g/mol. The first-order chi connectivity index (χ1) is 8.02. The Morgan fingerprint density at radius 2 is 1.94 bits per heavy atom. The Balaban J connectivity index is 2.82. The molecule has 0 aromatic rings. The number of hydrogen-bond donors (Lipinski definition) is 0. The molecule has 0 amide bonds. The van der Waals surface area contributed by atoms with E-state index in [1.807, 2.05) is 0 Å². The molecule has 4 nitrogen and oxygen atoms in total. The lowest BCUT2D eigenvalue weighted by atomic mass is 10.0. The van der Waals surface area contributed by atoms with Crippen LogP contribution in [-0.4, -0.2) is 43.2 Å². The normalized spacial score (nSPS) is 22.6. The summed E-state index contributed by atoms with van der Waals surface area (Å²) in [6.07, 6.45) is 5.26. The second-order valence-corrected chi connectivity index (χ2v) is 6.44. The minimum absolute atomic E-state index is 0.333. The van der Waals surface area contributed by atoms with Gasteiger partial charge in [0.25, 0.3) is 10.2 Å². The van der Waals surface area contributed by atoms with E-state index in [9.17, 15) is 8.42 Å². The lowest BCUT2D eigenvalue weighted by molar-refractivity contribution is 0.263. The van der Waals surface area contributed by atoms with E-state index in [-0.39, 0.29) is 0 Å². The van der Waals surface area contributed by atoms with Crippen LogP contribution in [0.15, 0.2) is 25.3 Å². The summed E-state index contributed by atoms with van der Waals surface area (Å²) in [5.74, 6) is 0.438. The predicted octanol–water partition coefficient (Wildman–Crippen LogP) is 1.64. The second kappa shape index (κ2) is 6.33. The van der Waals surface area contributed by atoms with Crippen molar-refractivity contribution in [2.45, 2.75) is 19.8 Å². The first-order valence-electron chi connectivity index (χ1n) is 5.99. The molecule has 0 aliphatic carbocycles. The van der Waals surface area contributed by atoms with E-state index in [2.05, 4.69) is 20.1 Å². The maximum absolute atomic E-state index is 12.4. The number of piperidine rings is 1. The summed E-state index contributed by atoms with van der Waals surface area (Å²) in [6, 6.07) is 0. The molecule has 1 aliphatic heterocycles. The van der Waals surface area contributed by atoms with Crippen LogP contribution >= 0.6 is 0 Å². The molecular formula is C12H22N2O2S. The van der Waals surface area contributed by atoms with Crippen LogP contribution in [0.25, 0.3) is 0 Å². The van der Waals surface area contributed by atoms with Crippen LogP contribution < -0.4 is 0 Å². The van der Waals surface area contributed by atoms with E-state index in [0.717, 1.165) is 12.8 Å². The topological polar surface area (TPSA) is 40.6 Å². The fraction of sp³-hybridized carbons (Fsp3) is 0.667. The molecule has 1 fully saturated rings. The van der Waals surface area contributed by atoms with Crippen LogP contribution in [0, 0.1) is 5.92 Å². The van der Waals surface area contributed by atoms with E-state index in [0.29, 0.717) is 32.1 Å². The van der Waals surface area contributed by atoms with E-state index >= 15 is 0 Å². The standard InChI is InChI=1S/C12H22N2O2S/c1-4-8-13(9-5-2)17(15,16)14-10-6-7-12(3)11-14/h4-5,12H,1-2,6-11H2,3H3/t12-/m0/s1. The Labute approximate surface area is 105 Å². The maximum Gasteiger partial charge on any atom is 0.282 e. The number of hydrogen-bond acceptors (Lipinski definition) is 2. The highest BCUT2D eigenvalue weighted by molar-refractivity contribution is 7.86. The van der Waals surface area contributed by atoms with Gasteiger partial charge in [-0.2, -0.15) is 17.0 Å². The van der Waals surface area contributed by atoms with Gasteiger partial charge >= 0.3 is 0 Å². The third-order valence-electron chi connectivity index (χ3n) is 2.94. The third kappa shape index (κ3) is 3.66. The van der Waals surface area contributed by atoms with E-state index in [1.54, 1.807) is 16.5 Å². The minimum Gasteiger partial charge on any atom is -0.195 e. The Morgan fingerprint density at radius 3 is 2.41 bits per heavy atom. The summed E-state index contributed by atoms with van der Waals surface area (Å²) in [5.41, 5.74) is 0. The van der Waals surface area contributed by atoms with E-state index in [1.165, 1.54) is 4.31 Å². The van der Waals surface area contributed by atoms with Crippen molar-refractivity contribution in [2.75, 3.05) is 26.2 Å². The van der Waals surface area contributed by atoms with Crippen molar-refractivity contribution in [2.24, 2.45) is 5.92 Å². The molecule has 1 aliphatic rings. The zero-order chi connectivity index (χ0) is 12.9. The second-order valence-electron chi connectivity index (χ2n) is 4.51. The Bertz CT molecular complexity index is 355. The molecule has 1 rings (SSSR count). The van der Waals surface area contributed by atoms with Gasteiger partial charge in [0.05, 0.1) is 0 Å². The summed E-state index contributed by atoms with van der Waals surface area (Å²) in [4.78, 5) is 0. The fourth-order valence-corrected chi connectivity index (χ4v) is 3.79. The highest BCUT2D eigenvalue weighted by atomic mass is 32.2. The Hall–Kier alpha value is -0.650. The first-order valence-corrected chi connectivity index (χ1v) is 7.39. The molecule has 1 atom stereocenters. The van der Waals surface area contributed by atoms with Gasteiger partial charge in [-0.3, -0.25) is 0 Å². The van der Waals surface area contributed by atoms with Crippen LogP contribution in [0.2, 0.25) is 0 Å². The van der Waals surface area contributed by atoms with E-state index in [4.69, 9.17) is 0 Å². The molecule has 0 spiro atoms. The molecule has 1 saturated heterocycles. The lowest BCUT2D eigenvalue weighted by Crippen LogP contribution is -2.47. The van der Waals surface area contributed by atoms with Crippen molar-refractivity contribution >= 4 is 10.2 Å². The summed E-state index contributed by atoms with van der Waals surface area (Å²) in [6.45, 7) is 11.2. The molecule has 0 unspecified atom stereocenters. The molecule has 0 aromatic heterocycles. The van der Waals surface area contributed by atoms with Gasteiger partial charge in [0.15, 0.2) is 0 Å². The van der Waals surface area contributed by atoms with Gasteiger partial charge < -0.3 is 0 Å². The third-order valence-corrected chi connectivity index (χ3v) is 4.87. The summed E-state index contributed by atoms with van der Waals surface area (Å²) >= 11 is 0. The Morgan fingerprint density at radius 1 is 1.35 bits per heavy atom. The van der Waals surface area contributed by atoms with Gasteiger partial charge in [-0.25, -0.2) is 0 Å². The molecule has 0 bridgehead atoms. The monoisotopic (exact) mass is 258 g/mol. The first kappa shape index (κ1) is 14.4. The van der Waals surface area contributed by atoms with E-state index < -0.39 is 10.2 Å². The molecule has 0 N–H and O–H groups in total. The summed E-state index contributed by atoms with van der Waals surface area (Å²) in [5, 5.41) is 0. The molecule has 17 heavy (non-hydrogen) atoms. The van der Waals surface area contributed by atoms with Crippen LogP contribution in [0.5, 0.6) is 0 Å². The zero-order valence-corrected chi connectivity index (χ0v) is 11.3. The van der Waals surface area contributed by atoms with Crippen molar-refractivity contribution in [1.82, 2.24) is 8.61 Å². The molecule has 0 saturated carbocycles. The van der Waals surface area contributed by atoms with Gasteiger partial charge in [-0.15, -0.1) is 13.2 Å². The average Bonchev–Trinajstić information content (AvgIpc) is 2.29. The van der Waals surface area contributed by atoms with Gasteiger partial charge in [0, 0.05) is 26.2 Å². The highest BCUT2D eigenvalue weighted by Gasteiger charge is 2.31. The van der Waals surface area contributed by atoms with Crippen LogP contribution in [0.4, 0.5) is 0 Å². The molecule has 0 aromatic carbocycles. The quantitative estimate of drug-likeness (QED) is 0.680. The molecule has 5 heteroatoms. The van der Waals surface area contributed by atoms with Crippen molar-refractivity contribution in [1.29, 1.82) is 0 Å². The SMILES string of the molecule is C=CCN(CC=C)S(=O)(=O)N1CCC[C@H](C)C1. The van der Waals surface area contributed by atoms with Gasteiger partial charge in [0.1, 0.15) is 0 Å². The smallest absolute Gasteiger partial charge is 0.195 e. The molecular weight excluding hydrogens is 236 g/mol. The lowest BCUT2D eigenvalue weighted by Gasteiger charge is -2.33. The van der Waals surface area contributed by atoms with Gasteiger partial charge in [-0.05, 0) is 18.8 Å². The van der Waals surface area contributed by atoms with Crippen LogP contribution in [-0.2, 0) is 10.2 Å². The molecule has 1 heterocycles. The van der Waals surface area contributed by atoms with Gasteiger partial charge in [-0.1, -0.05) is 19.1 Å². The number of rotatable bonds is 6. The highest BCUT2D eigenvalue weighted by Crippen LogP contribution is 2.20. The van der Waals surface area contributed by atoms with Gasteiger partial charge in [0.2, 0.25) is 0 Å². The molecule has 98 valence electrons. The van der Waals surface area contributed by atoms with Crippen LogP contribution in [0.1, 0.15) is 19.8 Å². The molecule has 0 radical (unpaired) electrons.